The van der Waals surface area contributed by atoms with E-state index < -0.39 is 7.26 Å². The predicted octanol–water partition coefficient (Wildman–Crippen LogP) is 13.1. The lowest BCUT2D eigenvalue weighted by Crippen LogP contribution is -2.13. The van der Waals surface area contributed by atoms with Crippen molar-refractivity contribution in [3.63, 3.8) is 0 Å². The maximum atomic E-state index is 2.35. The minimum atomic E-state index is -0.718. The highest BCUT2D eigenvalue weighted by Gasteiger charge is 2.34. The molecule has 0 amide bonds. The molecule has 208 valence electrons. The van der Waals surface area contributed by atoms with Crippen LogP contribution in [0.1, 0.15) is 182 Å². The largest absolute Gasteiger partial charge is 0.107 e. The highest BCUT2D eigenvalue weighted by atomic mass is 127. The summed E-state index contributed by atoms with van der Waals surface area (Å²) in [5.41, 5.74) is 0. The van der Waals surface area contributed by atoms with Gasteiger partial charge in [0.1, 0.15) is 0 Å². The molecule has 0 aliphatic heterocycles. The Morgan fingerprint density at radius 2 is 0.441 bits per heavy atom. The number of unbranched alkanes of at least 4 members (excludes halogenated alkanes) is 20. The third-order valence-corrected chi connectivity index (χ3v) is 13.0. The Labute approximate surface area is 236 Å². The van der Waals surface area contributed by atoms with E-state index in [1.54, 1.807) is 50.3 Å². The van der Waals surface area contributed by atoms with Crippen molar-refractivity contribution in [2.24, 2.45) is 0 Å². The summed E-state index contributed by atoms with van der Waals surface area (Å²) in [6.07, 6.45) is 42.1. The van der Waals surface area contributed by atoms with E-state index in [2.05, 4.69) is 27.7 Å². The fraction of sp³-hybridized carbons (Fsp3) is 1.00. The van der Waals surface area contributed by atoms with Gasteiger partial charge in [-0.25, -0.2) is 0 Å². The van der Waals surface area contributed by atoms with Crippen molar-refractivity contribution in [3.05, 3.63) is 0 Å². The maximum absolute atomic E-state index is 2.35. The number of hydrogen-bond donors (Lipinski definition) is 0. The van der Waals surface area contributed by atoms with E-state index in [9.17, 15) is 0 Å². The minimum absolute atomic E-state index is 0. The Morgan fingerprint density at radius 3 is 0.647 bits per heavy atom. The van der Waals surface area contributed by atoms with Crippen molar-refractivity contribution in [2.45, 2.75) is 182 Å². The van der Waals surface area contributed by atoms with Gasteiger partial charge in [-0.05, 0) is 51.4 Å². The van der Waals surface area contributed by atoms with Crippen LogP contribution < -0.4 is 0 Å². The quantitative estimate of drug-likeness (QED) is 0.0469. The first-order valence-corrected chi connectivity index (χ1v) is 18.6. The summed E-state index contributed by atoms with van der Waals surface area (Å²) in [5.74, 6) is 0. The number of rotatable bonds is 28. The maximum Gasteiger partial charge on any atom is 0.0594 e. The van der Waals surface area contributed by atoms with Gasteiger partial charge in [0, 0.05) is 7.26 Å². The number of halogens is 1. The lowest BCUT2D eigenvalue weighted by molar-refractivity contribution is 0.610. The molecule has 2 heteroatoms. The molecule has 0 bridgehead atoms. The molecule has 0 radical (unpaired) electrons. The molecule has 0 N–H and O–H groups in total. The van der Waals surface area contributed by atoms with E-state index in [-0.39, 0.29) is 24.0 Å². The molecular formula is C32H69IP+. The topological polar surface area (TPSA) is 0 Å². The first kappa shape index (κ1) is 37.3. The average Bonchev–Trinajstić information content (AvgIpc) is 2.83. The van der Waals surface area contributed by atoms with Crippen LogP contribution in [0.15, 0.2) is 0 Å². The van der Waals surface area contributed by atoms with E-state index in [0.29, 0.717) is 0 Å². The van der Waals surface area contributed by atoms with Crippen molar-refractivity contribution in [1.29, 1.82) is 0 Å². The molecule has 0 saturated heterocycles. The van der Waals surface area contributed by atoms with Crippen LogP contribution in [0.2, 0.25) is 0 Å². The average molecular weight is 612 g/mol. The van der Waals surface area contributed by atoms with Gasteiger partial charge in [0.25, 0.3) is 0 Å². The summed E-state index contributed by atoms with van der Waals surface area (Å²) in [6, 6.07) is 0. The third-order valence-electron chi connectivity index (χ3n) is 7.94. The third kappa shape index (κ3) is 24.8. The molecule has 0 nitrogen and oxygen atoms in total. The molecule has 0 aliphatic carbocycles. The van der Waals surface area contributed by atoms with Crippen molar-refractivity contribution < 1.29 is 0 Å². The second-order valence-corrected chi connectivity index (χ2v) is 15.8. The van der Waals surface area contributed by atoms with Crippen LogP contribution in [-0.2, 0) is 0 Å². The minimum Gasteiger partial charge on any atom is -0.107 e. The molecule has 0 atom stereocenters. The Kier molecular flexibility index (Phi) is 33.3. The first-order chi connectivity index (χ1) is 16.2. The van der Waals surface area contributed by atoms with Crippen LogP contribution in [0, 0.1) is 0 Å². The molecule has 0 aromatic carbocycles. The summed E-state index contributed by atoms with van der Waals surface area (Å²) >= 11 is 0. The second-order valence-electron chi connectivity index (χ2n) is 11.3. The van der Waals surface area contributed by atoms with Crippen molar-refractivity contribution in [2.75, 3.05) is 24.6 Å². The molecule has 0 aromatic rings. The monoisotopic (exact) mass is 611 g/mol. The Bertz CT molecular complexity index is 287. The van der Waals surface area contributed by atoms with Gasteiger partial charge in [0.2, 0.25) is 0 Å². The molecular weight excluding hydrogens is 542 g/mol. The molecule has 0 saturated carbocycles. The first-order valence-electron chi connectivity index (χ1n) is 16.1. The molecule has 0 spiro atoms. The lowest BCUT2D eigenvalue weighted by Gasteiger charge is -2.28. The van der Waals surface area contributed by atoms with Gasteiger partial charge >= 0.3 is 0 Å². The molecule has 0 unspecified atom stereocenters. The summed E-state index contributed by atoms with van der Waals surface area (Å²) in [6.45, 7) is 9.38. The summed E-state index contributed by atoms with van der Waals surface area (Å²) < 4.78 is 0. The zero-order chi connectivity index (χ0) is 24.3. The van der Waals surface area contributed by atoms with Crippen LogP contribution in [0.4, 0.5) is 0 Å². The highest BCUT2D eigenvalue weighted by Crippen LogP contribution is 2.61. The smallest absolute Gasteiger partial charge is 0.0594 e. The second kappa shape index (κ2) is 30.4. The van der Waals surface area contributed by atoms with Crippen molar-refractivity contribution in [1.82, 2.24) is 0 Å². The Morgan fingerprint density at radius 1 is 0.265 bits per heavy atom. The Balaban J connectivity index is 0. The van der Waals surface area contributed by atoms with E-state index in [0.717, 1.165) is 0 Å². The normalized spacial score (nSPS) is 11.6. The molecule has 0 fully saturated rings. The van der Waals surface area contributed by atoms with E-state index in [4.69, 9.17) is 0 Å². The molecule has 0 heterocycles. The fourth-order valence-corrected chi connectivity index (χ4v) is 10.5. The molecule has 34 heavy (non-hydrogen) atoms. The van der Waals surface area contributed by atoms with Gasteiger partial charge in [-0.1, -0.05) is 130 Å². The summed E-state index contributed by atoms with van der Waals surface area (Å²) in [5, 5.41) is 0. The zero-order valence-electron chi connectivity index (χ0n) is 24.7. The predicted molar refractivity (Wildman–Crippen MR) is 175 cm³/mol. The summed E-state index contributed by atoms with van der Waals surface area (Å²) in [4.78, 5) is 0. The van der Waals surface area contributed by atoms with E-state index in [1.165, 1.54) is 128 Å². The van der Waals surface area contributed by atoms with Gasteiger partial charge in [-0.2, -0.15) is 0 Å². The van der Waals surface area contributed by atoms with Gasteiger partial charge in [0.05, 0.1) is 24.6 Å². The van der Waals surface area contributed by atoms with Crippen LogP contribution in [0.5, 0.6) is 0 Å². The van der Waals surface area contributed by atoms with Crippen LogP contribution in [0.25, 0.3) is 0 Å². The van der Waals surface area contributed by atoms with Crippen LogP contribution in [-0.4, -0.2) is 24.6 Å². The van der Waals surface area contributed by atoms with Crippen LogP contribution in [0.3, 0.4) is 0 Å². The summed E-state index contributed by atoms with van der Waals surface area (Å²) in [7, 11) is -0.718. The fourth-order valence-electron chi connectivity index (χ4n) is 5.58. The van der Waals surface area contributed by atoms with Crippen LogP contribution >= 0.6 is 31.2 Å². The highest BCUT2D eigenvalue weighted by molar-refractivity contribution is 14.0. The van der Waals surface area contributed by atoms with Gasteiger partial charge < -0.3 is 0 Å². The van der Waals surface area contributed by atoms with Crippen molar-refractivity contribution >= 4 is 31.2 Å². The van der Waals surface area contributed by atoms with Crippen molar-refractivity contribution in [3.8, 4) is 0 Å². The molecule has 0 rings (SSSR count). The SMILES string of the molecule is CCCCCCCC[P+](CCCCCCCC)(CCCCCCCC)CCCCCCCC.I. The zero-order valence-corrected chi connectivity index (χ0v) is 27.9. The molecule has 0 aliphatic rings. The Hall–Kier alpha value is 1.16. The van der Waals surface area contributed by atoms with Gasteiger partial charge in [-0.3, -0.25) is 0 Å². The van der Waals surface area contributed by atoms with E-state index in [1.807, 2.05) is 0 Å². The standard InChI is InChI=1S/C32H68P.HI/c1-5-9-13-17-21-25-29-33(30-26-22-18-14-10-6-2,31-27-23-19-15-11-7-3)32-28-24-20-16-12-8-4;/h5-32H2,1-4H3;1H/q+1;. The molecule has 0 aromatic heterocycles. The van der Waals surface area contributed by atoms with E-state index >= 15 is 0 Å². The van der Waals surface area contributed by atoms with Gasteiger partial charge in [-0.15, -0.1) is 24.0 Å². The lowest BCUT2D eigenvalue weighted by atomic mass is 10.1. The number of hydrogen-bond acceptors (Lipinski definition) is 0. The van der Waals surface area contributed by atoms with Gasteiger partial charge in [0.15, 0.2) is 0 Å².